The van der Waals surface area contributed by atoms with Crippen LogP contribution in [0.25, 0.3) is 10.9 Å². The maximum atomic E-state index is 5.97. The highest BCUT2D eigenvalue weighted by atomic mass is 16.5. The third-order valence-corrected chi connectivity index (χ3v) is 3.99. The first-order chi connectivity index (χ1) is 9.81. The summed E-state index contributed by atoms with van der Waals surface area (Å²) in [5, 5.41) is 4.42. The van der Waals surface area contributed by atoms with Gasteiger partial charge in [-0.25, -0.2) is 0 Å². The molecule has 2 atom stereocenters. The zero-order valence-electron chi connectivity index (χ0n) is 12.0. The van der Waals surface area contributed by atoms with E-state index in [0.717, 1.165) is 25.2 Å². The third-order valence-electron chi connectivity index (χ3n) is 3.99. The molecule has 4 heteroatoms. The van der Waals surface area contributed by atoms with E-state index in [-0.39, 0.29) is 12.1 Å². The molecule has 1 aliphatic heterocycles. The van der Waals surface area contributed by atoms with Crippen molar-refractivity contribution in [1.82, 2.24) is 15.2 Å². The van der Waals surface area contributed by atoms with Crippen LogP contribution in [0.3, 0.4) is 0 Å². The number of nitrogens with one attached hydrogen (secondary N) is 1. The first-order valence-electron chi connectivity index (χ1n) is 7.11. The van der Waals surface area contributed by atoms with Crippen molar-refractivity contribution in [3.8, 4) is 0 Å². The second-order valence-electron chi connectivity index (χ2n) is 5.31. The fourth-order valence-corrected chi connectivity index (χ4v) is 3.04. The minimum atomic E-state index is 0.159. The summed E-state index contributed by atoms with van der Waals surface area (Å²) in [6, 6.07) is 10.7. The monoisotopic (exact) mass is 271 g/mol. The predicted molar refractivity (Wildman–Crippen MR) is 80.8 cm³/mol. The van der Waals surface area contributed by atoms with E-state index in [0.29, 0.717) is 0 Å². The minimum absolute atomic E-state index is 0.159. The average molecular weight is 271 g/mol. The number of benzene rings is 1. The van der Waals surface area contributed by atoms with Crippen LogP contribution in [-0.2, 0) is 4.74 Å². The highest BCUT2D eigenvalue weighted by Crippen LogP contribution is 2.32. The Balaban J connectivity index is 2.06. The molecule has 1 saturated heterocycles. The highest BCUT2D eigenvalue weighted by Gasteiger charge is 2.32. The molecule has 3 rings (SSSR count). The molecule has 1 aliphatic rings. The van der Waals surface area contributed by atoms with Gasteiger partial charge in [0.05, 0.1) is 24.3 Å². The number of ether oxygens (including phenoxy) is 1. The molecule has 2 aromatic rings. The first-order valence-corrected chi connectivity index (χ1v) is 7.11. The average Bonchev–Trinajstić information content (AvgIpc) is 2.48. The zero-order valence-corrected chi connectivity index (χ0v) is 12.0. The molecule has 106 valence electrons. The van der Waals surface area contributed by atoms with E-state index in [1.807, 2.05) is 19.3 Å². The van der Waals surface area contributed by atoms with Crippen LogP contribution < -0.4 is 5.32 Å². The normalized spacial score (nSPS) is 24.1. The summed E-state index contributed by atoms with van der Waals surface area (Å²) in [5.41, 5.74) is 2.34. The van der Waals surface area contributed by atoms with Gasteiger partial charge in [0.2, 0.25) is 0 Å². The fourth-order valence-electron chi connectivity index (χ4n) is 3.04. The Kier molecular flexibility index (Phi) is 3.96. The topological polar surface area (TPSA) is 37.4 Å². The molecular formula is C16H21N3O. The lowest BCUT2D eigenvalue weighted by atomic mass is 9.96. The lowest BCUT2D eigenvalue weighted by Gasteiger charge is -2.39. The van der Waals surface area contributed by atoms with Gasteiger partial charge in [-0.05, 0) is 25.7 Å². The lowest BCUT2D eigenvalue weighted by molar-refractivity contribution is -0.0602. The molecule has 0 bridgehead atoms. The number of nitrogens with zero attached hydrogens (tertiary/aromatic N) is 2. The maximum Gasteiger partial charge on any atom is 0.0897 e. The number of hydrogen-bond donors (Lipinski definition) is 1. The largest absolute Gasteiger partial charge is 0.374 e. The Morgan fingerprint density at radius 3 is 3.05 bits per heavy atom. The Hall–Kier alpha value is -1.49. The number of morpholine rings is 1. The number of fused-ring (bicyclic) bond motifs is 1. The van der Waals surface area contributed by atoms with Crippen molar-refractivity contribution in [2.45, 2.75) is 12.1 Å². The third kappa shape index (κ3) is 2.42. The summed E-state index contributed by atoms with van der Waals surface area (Å²) in [6.07, 6.45) is 2.02. The summed E-state index contributed by atoms with van der Waals surface area (Å²) in [7, 11) is 4.13. The van der Waals surface area contributed by atoms with Gasteiger partial charge in [-0.3, -0.25) is 9.88 Å². The lowest BCUT2D eigenvalue weighted by Crippen LogP contribution is -2.47. The summed E-state index contributed by atoms with van der Waals surface area (Å²) < 4.78 is 5.97. The predicted octanol–water partition coefficient (Wildman–Crippen LogP) is 1.83. The molecule has 0 spiro atoms. The number of hydrogen-bond acceptors (Lipinski definition) is 4. The molecule has 2 unspecified atom stereocenters. The highest BCUT2D eigenvalue weighted by molar-refractivity contribution is 5.82. The first kappa shape index (κ1) is 13.5. The van der Waals surface area contributed by atoms with E-state index >= 15 is 0 Å². The minimum Gasteiger partial charge on any atom is -0.374 e. The fraction of sp³-hybridized carbons (Fsp3) is 0.438. The van der Waals surface area contributed by atoms with Crippen LogP contribution in [0.15, 0.2) is 36.5 Å². The Morgan fingerprint density at radius 1 is 1.35 bits per heavy atom. The standard InChI is InChI=1S/C16H21N3O/c1-17-11-14-16(19(2)9-10-20-14)13-7-3-5-12-6-4-8-18-15(12)13/h3-8,14,16-17H,9-11H2,1-2H3. The molecule has 0 amide bonds. The van der Waals surface area contributed by atoms with Gasteiger partial charge < -0.3 is 10.1 Å². The van der Waals surface area contributed by atoms with Crippen molar-refractivity contribution in [3.63, 3.8) is 0 Å². The SMILES string of the molecule is CNCC1OCCN(C)C1c1cccc2cccnc12. The zero-order chi connectivity index (χ0) is 13.9. The number of aromatic nitrogens is 1. The van der Waals surface area contributed by atoms with Crippen LogP contribution in [0, 0.1) is 0 Å². The summed E-state index contributed by atoms with van der Waals surface area (Å²) in [4.78, 5) is 6.95. The molecule has 0 saturated carbocycles. The van der Waals surface area contributed by atoms with Gasteiger partial charge in [0.1, 0.15) is 0 Å². The second kappa shape index (κ2) is 5.87. The van der Waals surface area contributed by atoms with Gasteiger partial charge in [-0.2, -0.15) is 0 Å². The maximum absolute atomic E-state index is 5.97. The number of rotatable bonds is 3. The van der Waals surface area contributed by atoms with Crippen molar-refractivity contribution in [3.05, 3.63) is 42.1 Å². The molecule has 1 fully saturated rings. The smallest absolute Gasteiger partial charge is 0.0897 e. The van der Waals surface area contributed by atoms with Crippen molar-refractivity contribution < 1.29 is 4.74 Å². The molecule has 1 aromatic heterocycles. The van der Waals surface area contributed by atoms with Crippen molar-refractivity contribution >= 4 is 10.9 Å². The quantitative estimate of drug-likeness (QED) is 0.924. The van der Waals surface area contributed by atoms with Crippen molar-refractivity contribution in [2.75, 3.05) is 33.8 Å². The molecule has 0 radical (unpaired) electrons. The van der Waals surface area contributed by atoms with Gasteiger partial charge in [-0.1, -0.05) is 24.3 Å². The van der Waals surface area contributed by atoms with Gasteiger partial charge in [0.25, 0.3) is 0 Å². The van der Waals surface area contributed by atoms with Crippen LogP contribution in [0.5, 0.6) is 0 Å². The van der Waals surface area contributed by atoms with Gasteiger partial charge in [0, 0.05) is 24.7 Å². The van der Waals surface area contributed by atoms with Gasteiger partial charge >= 0.3 is 0 Å². The Labute approximate surface area is 119 Å². The van der Waals surface area contributed by atoms with E-state index < -0.39 is 0 Å². The van der Waals surface area contributed by atoms with Crippen LogP contribution in [0.1, 0.15) is 11.6 Å². The summed E-state index contributed by atoms with van der Waals surface area (Å²) in [6.45, 7) is 2.59. The van der Waals surface area contributed by atoms with Crippen molar-refractivity contribution in [1.29, 1.82) is 0 Å². The molecule has 20 heavy (non-hydrogen) atoms. The van der Waals surface area contributed by atoms with E-state index in [9.17, 15) is 0 Å². The van der Waals surface area contributed by atoms with Crippen LogP contribution in [-0.4, -0.2) is 49.8 Å². The van der Waals surface area contributed by atoms with Crippen LogP contribution in [0.2, 0.25) is 0 Å². The number of para-hydroxylation sites is 1. The molecular weight excluding hydrogens is 250 g/mol. The summed E-state index contributed by atoms with van der Waals surface area (Å²) >= 11 is 0. The number of likely N-dealkylation sites (N-methyl/N-ethyl adjacent to an activating group) is 2. The second-order valence-corrected chi connectivity index (χ2v) is 5.31. The molecule has 1 aromatic carbocycles. The Morgan fingerprint density at radius 2 is 2.20 bits per heavy atom. The van der Waals surface area contributed by atoms with Crippen LogP contribution in [0.4, 0.5) is 0 Å². The van der Waals surface area contributed by atoms with Crippen molar-refractivity contribution in [2.24, 2.45) is 0 Å². The molecule has 4 nitrogen and oxygen atoms in total. The summed E-state index contributed by atoms with van der Waals surface area (Å²) in [5.74, 6) is 0. The van der Waals surface area contributed by atoms with E-state index in [2.05, 4.69) is 46.5 Å². The molecule has 2 heterocycles. The van der Waals surface area contributed by atoms with Gasteiger partial charge in [0.15, 0.2) is 0 Å². The molecule has 1 N–H and O–H groups in total. The van der Waals surface area contributed by atoms with E-state index in [4.69, 9.17) is 4.74 Å². The Bertz CT molecular complexity index is 579. The van der Waals surface area contributed by atoms with E-state index in [1.54, 1.807) is 0 Å². The number of pyridine rings is 1. The van der Waals surface area contributed by atoms with E-state index in [1.165, 1.54) is 10.9 Å². The van der Waals surface area contributed by atoms with Gasteiger partial charge in [-0.15, -0.1) is 0 Å². The molecule has 0 aliphatic carbocycles. The van der Waals surface area contributed by atoms with Crippen LogP contribution >= 0.6 is 0 Å².